The van der Waals surface area contributed by atoms with E-state index in [1.54, 1.807) is 0 Å². The first-order chi connectivity index (χ1) is 11.2. The molecule has 0 aliphatic rings. The normalized spacial score (nSPS) is 10.4. The van der Waals surface area contributed by atoms with Crippen molar-refractivity contribution >= 4 is 17.7 Å². The quantitative estimate of drug-likeness (QED) is 0.219. The highest BCUT2D eigenvalue weighted by Gasteiger charge is 2.47. The van der Waals surface area contributed by atoms with Gasteiger partial charge in [0.25, 0.3) is 0 Å². The third kappa shape index (κ3) is 6.97. The Morgan fingerprint density at radius 3 is 1.88 bits per heavy atom. The van der Waals surface area contributed by atoms with Crippen molar-refractivity contribution in [1.82, 2.24) is 0 Å². The van der Waals surface area contributed by atoms with Crippen LogP contribution < -0.4 is 0 Å². The van der Waals surface area contributed by atoms with Crippen molar-refractivity contribution in [3.63, 3.8) is 0 Å². The first-order valence-corrected chi connectivity index (χ1v) is 6.68. The first-order valence-electron chi connectivity index (χ1n) is 6.68. The van der Waals surface area contributed by atoms with Gasteiger partial charge in [-0.1, -0.05) is 19.7 Å². The molecule has 0 N–H and O–H groups in total. The molecular weight excluding hydrogens is 322 g/mol. The molecule has 0 aromatic rings. The lowest BCUT2D eigenvalue weighted by Crippen LogP contribution is -2.52. The number of nitrogens with zero attached hydrogens (tertiary/aromatic N) is 1. The second-order valence-electron chi connectivity index (χ2n) is 4.76. The fraction of sp³-hybridized carbons (Fsp3) is 0.400. The van der Waals surface area contributed by atoms with E-state index in [4.69, 9.17) is 14.2 Å². The molecule has 0 aliphatic heterocycles. The number of hydrogen-bond donors (Lipinski definition) is 0. The summed E-state index contributed by atoms with van der Waals surface area (Å²) in [6.45, 7) is 8.79. The van der Waals surface area contributed by atoms with E-state index in [1.165, 1.54) is 6.92 Å². The Bertz CT molecular complexity index is 528. The minimum Gasteiger partial charge on any atom is -0.455 e. The van der Waals surface area contributed by atoms with Gasteiger partial charge in [-0.3, -0.25) is 14.9 Å². The number of ether oxygens (including phenoxy) is 3. The Morgan fingerprint density at radius 1 is 1.08 bits per heavy atom. The van der Waals surface area contributed by atoms with Gasteiger partial charge in [0.15, 0.2) is 19.0 Å². The standard InChI is InChI=1S/C15H19NO8/c1-5-13(18)23-9-15(16(20)21,10-24-14(19)6-2)8-22-7-11(3)12(4)17/h5-6H,1-3,7-10H2,4H3. The monoisotopic (exact) mass is 341 g/mol. The van der Waals surface area contributed by atoms with E-state index < -0.39 is 42.2 Å². The van der Waals surface area contributed by atoms with E-state index >= 15 is 0 Å². The molecule has 9 heteroatoms. The highest BCUT2D eigenvalue weighted by atomic mass is 16.7. The molecule has 0 heterocycles. The molecule has 132 valence electrons. The molecule has 0 aromatic carbocycles. The number of hydrogen-bond acceptors (Lipinski definition) is 8. The van der Waals surface area contributed by atoms with E-state index in [1.807, 2.05) is 0 Å². The van der Waals surface area contributed by atoms with Crippen molar-refractivity contribution in [2.24, 2.45) is 0 Å². The summed E-state index contributed by atoms with van der Waals surface area (Å²) in [5, 5.41) is 11.4. The topological polar surface area (TPSA) is 122 Å². The minimum atomic E-state index is -2.05. The predicted octanol–water partition coefficient (Wildman–Crippen LogP) is 0.622. The maximum absolute atomic E-state index is 11.4. The first kappa shape index (κ1) is 21.2. The molecule has 0 unspecified atom stereocenters. The molecule has 0 aromatic heterocycles. The summed E-state index contributed by atoms with van der Waals surface area (Å²) < 4.78 is 14.5. The van der Waals surface area contributed by atoms with E-state index in [-0.39, 0.29) is 18.0 Å². The van der Waals surface area contributed by atoms with Gasteiger partial charge in [-0.2, -0.15) is 0 Å². The Morgan fingerprint density at radius 2 is 1.54 bits per heavy atom. The van der Waals surface area contributed by atoms with Crippen LogP contribution in [0.5, 0.6) is 0 Å². The van der Waals surface area contributed by atoms with Crippen molar-refractivity contribution in [2.45, 2.75) is 12.5 Å². The van der Waals surface area contributed by atoms with Crippen LogP contribution in [-0.4, -0.2) is 54.6 Å². The zero-order valence-electron chi connectivity index (χ0n) is 13.3. The second-order valence-corrected chi connectivity index (χ2v) is 4.76. The van der Waals surface area contributed by atoms with Gasteiger partial charge in [-0.15, -0.1) is 0 Å². The van der Waals surface area contributed by atoms with Gasteiger partial charge in [0.05, 0.1) is 6.61 Å². The van der Waals surface area contributed by atoms with E-state index in [0.29, 0.717) is 0 Å². The molecule has 0 fully saturated rings. The molecule has 0 spiro atoms. The fourth-order valence-corrected chi connectivity index (χ4v) is 1.28. The summed E-state index contributed by atoms with van der Waals surface area (Å²) in [6.07, 6.45) is 1.66. The summed E-state index contributed by atoms with van der Waals surface area (Å²) >= 11 is 0. The van der Waals surface area contributed by atoms with Gasteiger partial charge >= 0.3 is 17.5 Å². The molecular formula is C15H19NO8. The molecule has 0 aliphatic carbocycles. The number of Topliss-reactive ketones (excluding diaryl/α,β-unsaturated/α-hetero) is 1. The summed E-state index contributed by atoms with van der Waals surface area (Å²) in [6, 6.07) is 0. The average Bonchev–Trinajstić information content (AvgIpc) is 2.55. The van der Waals surface area contributed by atoms with Crippen LogP contribution in [0.2, 0.25) is 0 Å². The molecule has 0 bridgehead atoms. The molecule has 0 saturated carbocycles. The van der Waals surface area contributed by atoms with Crippen LogP contribution in [0.1, 0.15) is 6.92 Å². The highest BCUT2D eigenvalue weighted by Crippen LogP contribution is 2.14. The zero-order chi connectivity index (χ0) is 18.8. The Labute approximate surface area is 138 Å². The van der Waals surface area contributed by atoms with Crippen LogP contribution in [0.15, 0.2) is 37.5 Å². The minimum absolute atomic E-state index is 0.110. The third-order valence-corrected chi connectivity index (χ3v) is 2.83. The van der Waals surface area contributed by atoms with Crippen molar-refractivity contribution in [3.8, 4) is 0 Å². The van der Waals surface area contributed by atoms with Gasteiger partial charge in [0.1, 0.15) is 6.61 Å². The van der Waals surface area contributed by atoms with Crippen LogP contribution in [0.4, 0.5) is 0 Å². The third-order valence-electron chi connectivity index (χ3n) is 2.83. The van der Waals surface area contributed by atoms with Crippen molar-refractivity contribution in [3.05, 3.63) is 47.6 Å². The average molecular weight is 341 g/mol. The van der Waals surface area contributed by atoms with Gasteiger partial charge in [-0.05, 0) is 6.92 Å². The number of rotatable bonds is 12. The van der Waals surface area contributed by atoms with Gasteiger partial charge < -0.3 is 14.2 Å². The van der Waals surface area contributed by atoms with Gasteiger partial charge in [0, 0.05) is 22.6 Å². The van der Waals surface area contributed by atoms with Crippen LogP contribution in [0.25, 0.3) is 0 Å². The van der Waals surface area contributed by atoms with Crippen LogP contribution in [0, 0.1) is 10.1 Å². The van der Waals surface area contributed by atoms with E-state index in [2.05, 4.69) is 19.7 Å². The molecule has 0 rings (SSSR count). The van der Waals surface area contributed by atoms with Gasteiger partial charge in [0.2, 0.25) is 0 Å². The van der Waals surface area contributed by atoms with E-state index in [0.717, 1.165) is 12.2 Å². The summed E-state index contributed by atoms with van der Waals surface area (Å²) in [4.78, 5) is 44.0. The molecule has 0 radical (unpaired) electrons. The summed E-state index contributed by atoms with van der Waals surface area (Å²) in [5.74, 6) is -2.10. The maximum Gasteiger partial charge on any atom is 0.330 e. The molecule has 0 amide bonds. The maximum atomic E-state index is 11.4. The number of carbonyl (C=O) groups is 3. The van der Waals surface area contributed by atoms with Crippen LogP contribution in [0.3, 0.4) is 0 Å². The molecule has 0 atom stereocenters. The lowest BCUT2D eigenvalue weighted by molar-refractivity contribution is -0.580. The van der Waals surface area contributed by atoms with Crippen LogP contribution >= 0.6 is 0 Å². The number of carbonyl (C=O) groups excluding carboxylic acids is 3. The molecule has 0 saturated heterocycles. The number of esters is 2. The highest BCUT2D eigenvalue weighted by molar-refractivity contribution is 5.92. The number of nitro groups is 1. The van der Waals surface area contributed by atoms with Crippen molar-refractivity contribution in [1.29, 1.82) is 0 Å². The fourth-order valence-electron chi connectivity index (χ4n) is 1.28. The second kappa shape index (κ2) is 10.1. The summed E-state index contributed by atoms with van der Waals surface area (Å²) in [5.41, 5.74) is -1.94. The Balaban J connectivity index is 5.13. The SMILES string of the molecule is C=CC(=O)OCC(COCC(=C)C(C)=O)(COC(=O)C=C)[N+](=O)[O-]. The smallest absolute Gasteiger partial charge is 0.330 e. The lowest BCUT2D eigenvalue weighted by atomic mass is 10.0. The van der Waals surface area contributed by atoms with Crippen molar-refractivity contribution < 1.29 is 33.5 Å². The largest absolute Gasteiger partial charge is 0.455 e. The molecule has 24 heavy (non-hydrogen) atoms. The lowest BCUT2D eigenvalue weighted by Gasteiger charge is -2.24. The van der Waals surface area contributed by atoms with Crippen LogP contribution in [-0.2, 0) is 28.6 Å². The predicted molar refractivity (Wildman–Crippen MR) is 82.7 cm³/mol. The number of ketones is 1. The summed E-state index contributed by atoms with van der Waals surface area (Å²) in [7, 11) is 0. The molecule has 9 nitrogen and oxygen atoms in total. The zero-order valence-corrected chi connectivity index (χ0v) is 13.3. The van der Waals surface area contributed by atoms with E-state index in [9.17, 15) is 24.5 Å². The van der Waals surface area contributed by atoms with Crippen molar-refractivity contribution in [2.75, 3.05) is 26.4 Å². The Hall–Kier alpha value is -2.81. The Kier molecular flexibility index (Phi) is 8.88. The van der Waals surface area contributed by atoms with Gasteiger partial charge in [-0.25, -0.2) is 9.59 Å².